The lowest BCUT2D eigenvalue weighted by Gasteiger charge is -2.53. The summed E-state index contributed by atoms with van der Waals surface area (Å²) in [5.74, 6) is -0.0650. The first-order chi connectivity index (χ1) is 12.8. The molecule has 1 heterocycles. The van der Waals surface area contributed by atoms with Gasteiger partial charge in [0.05, 0.1) is 19.8 Å². The van der Waals surface area contributed by atoms with Crippen molar-refractivity contribution in [3.8, 4) is 0 Å². The summed E-state index contributed by atoms with van der Waals surface area (Å²) in [4.78, 5) is 24.0. The molecule has 0 N–H and O–H groups in total. The van der Waals surface area contributed by atoms with Gasteiger partial charge in [0.15, 0.2) is 5.78 Å². The Morgan fingerprint density at radius 1 is 1.22 bits per heavy atom. The van der Waals surface area contributed by atoms with Gasteiger partial charge in [0, 0.05) is 25.2 Å². The van der Waals surface area contributed by atoms with Gasteiger partial charge in [0.1, 0.15) is 0 Å². The molecular weight excluding hydrogens is 344 g/mol. The van der Waals surface area contributed by atoms with Crippen LogP contribution in [0.5, 0.6) is 0 Å². The number of allylic oxidation sites excluding steroid dienone is 1. The summed E-state index contributed by atoms with van der Waals surface area (Å²) in [6, 6.07) is 0. The lowest BCUT2D eigenvalue weighted by molar-refractivity contribution is -0.258. The van der Waals surface area contributed by atoms with Crippen molar-refractivity contribution < 1.29 is 23.8 Å². The van der Waals surface area contributed by atoms with E-state index in [2.05, 4.69) is 26.0 Å². The third-order valence-corrected chi connectivity index (χ3v) is 7.10. The molecule has 0 aromatic carbocycles. The maximum atomic E-state index is 12.8. The molecular formula is C22H34O5. The number of ketones is 1. The minimum Gasteiger partial charge on any atom is -0.466 e. The molecule has 27 heavy (non-hydrogen) atoms. The van der Waals surface area contributed by atoms with Gasteiger partial charge < -0.3 is 14.2 Å². The Morgan fingerprint density at radius 3 is 2.67 bits per heavy atom. The lowest BCUT2D eigenvalue weighted by atomic mass is 9.53. The van der Waals surface area contributed by atoms with E-state index in [4.69, 9.17) is 14.2 Å². The van der Waals surface area contributed by atoms with Crippen LogP contribution in [0, 0.1) is 29.1 Å². The molecule has 0 aromatic heterocycles. The summed E-state index contributed by atoms with van der Waals surface area (Å²) in [5.41, 5.74) is -0.349. The number of ether oxygens (including phenoxy) is 3. The molecule has 152 valence electrons. The molecule has 0 bridgehead atoms. The fourth-order valence-corrected chi connectivity index (χ4v) is 5.61. The molecule has 1 saturated carbocycles. The molecule has 6 atom stereocenters. The molecule has 3 rings (SSSR count). The largest absolute Gasteiger partial charge is 0.466 e. The number of rotatable bonds is 7. The maximum absolute atomic E-state index is 12.8. The second-order valence-electron chi connectivity index (χ2n) is 8.71. The maximum Gasteiger partial charge on any atom is 0.302 e. The predicted octanol–water partition coefficient (Wildman–Crippen LogP) is 3.91. The van der Waals surface area contributed by atoms with Gasteiger partial charge in [-0.25, -0.2) is 0 Å². The number of esters is 1. The van der Waals surface area contributed by atoms with Crippen molar-refractivity contribution in [3.05, 3.63) is 12.2 Å². The summed E-state index contributed by atoms with van der Waals surface area (Å²) in [6.07, 6.45) is 9.49. The van der Waals surface area contributed by atoms with E-state index < -0.39 is 5.79 Å². The van der Waals surface area contributed by atoms with Crippen LogP contribution in [-0.2, 0) is 23.8 Å². The molecule has 0 radical (unpaired) electrons. The summed E-state index contributed by atoms with van der Waals surface area (Å²) in [7, 11) is 0. The highest BCUT2D eigenvalue weighted by Gasteiger charge is 2.67. The van der Waals surface area contributed by atoms with E-state index in [9.17, 15) is 9.59 Å². The smallest absolute Gasteiger partial charge is 0.302 e. The van der Waals surface area contributed by atoms with E-state index in [0.29, 0.717) is 37.6 Å². The van der Waals surface area contributed by atoms with E-state index in [1.54, 1.807) is 6.92 Å². The van der Waals surface area contributed by atoms with Crippen LogP contribution in [0.3, 0.4) is 0 Å². The second-order valence-corrected chi connectivity index (χ2v) is 8.71. The molecule has 1 aliphatic heterocycles. The molecule has 0 amide bonds. The second kappa shape index (κ2) is 8.04. The van der Waals surface area contributed by atoms with E-state index in [1.165, 1.54) is 6.92 Å². The number of Topliss-reactive ketones (excluding diaryl/α,β-unsaturated/α-hetero) is 1. The molecule has 0 spiro atoms. The molecule has 3 aliphatic rings. The van der Waals surface area contributed by atoms with Crippen molar-refractivity contribution in [3.63, 3.8) is 0 Å². The van der Waals surface area contributed by atoms with Crippen LogP contribution < -0.4 is 0 Å². The zero-order valence-corrected chi connectivity index (χ0v) is 17.2. The first-order valence-corrected chi connectivity index (χ1v) is 10.5. The van der Waals surface area contributed by atoms with Crippen molar-refractivity contribution >= 4 is 11.8 Å². The Labute approximate surface area is 162 Å². The minimum atomic E-state index is -1.14. The van der Waals surface area contributed by atoms with Gasteiger partial charge in [-0.1, -0.05) is 32.4 Å². The molecule has 0 aromatic rings. The highest BCUT2D eigenvalue weighted by Crippen LogP contribution is 2.61. The zero-order chi connectivity index (χ0) is 19.7. The van der Waals surface area contributed by atoms with Crippen LogP contribution in [0.1, 0.15) is 59.8 Å². The molecule has 1 saturated heterocycles. The topological polar surface area (TPSA) is 61.8 Å². The molecule has 2 fully saturated rings. The standard InChI is InChI=1S/C22H34O5/c1-5-6-11-26-22(15(2)23)21(4)19(14-27-22)9-8-18-12-17(7-10-20(18)21)13-25-16(3)24/h8-9,17-20H,5-7,10-14H2,1-4H3. The van der Waals surface area contributed by atoms with Crippen LogP contribution in [0.25, 0.3) is 0 Å². The third-order valence-electron chi connectivity index (χ3n) is 7.10. The van der Waals surface area contributed by atoms with Gasteiger partial charge >= 0.3 is 5.97 Å². The number of fused-ring (bicyclic) bond motifs is 3. The van der Waals surface area contributed by atoms with E-state index in [0.717, 1.165) is 32.1 Å². The highest BCUT2D eigenvalue weighted by molar-refractivity contribution is 5.85. The zero-order valence-electron chi connectivity index (χ0n) is 17.2. The van der Waals surface area contributed by atoms with Gasteiger partial charge in [0.25, 0.3) is 0 Å². The third kappa shape index (κ3) is 3.49. The summed E-state index contributed by atoms with van der Waals surface area (Å²) < 4.78 is 17.7. The van der Waals surface area contributed by atoms with E-state index in [1.807, 2.05) is 0 Å². The van der Waals surface area contributed by atoms with Gasteiger partial charge in [-0.2, -0.15) is 0 Å². The van der Waals surface area contributed by atoms with E-state index in [-0.39, 0.29) is 23.1 Å². The number of hydrogen-bond acceptors (Lipinski definition) is 5. The van der Waals surface area contributed by atoms with Crippen molar-refractivity contribution in [1.29, 1.82) is 0 Å². The van der Waals surface area contributed by atoms with Crippen LogP contribution in [-0.4, -0.2) is 37.4 Å². The Balaban J connectivity index is 1.82. The average molecular weight is 379 g/mol. The van der Waals surface area contributed by atoms with Gasteiger partial charge in [0.2, 0.25) is 5.79 Å². The van der Waals surface area contributed by atoms with Gasteiger partial charge in [-0.05, 0) is 43.4 Å². The van der Waals surface area contributed by atoms with Crippen LogP contribution in [0.2, 0.25) is 0 Å². The lowest BCUT2D eigenvalue weighted by Crippen LogP contribution is -2.59. The molecule has 5 heteroatoms. The Kier molecular flexibility index (Phi) is 6.11. The molecule has 5 nitrogen and oxygen atoms in total. The number of carbonyl (C=O) groups is 2. The van der Waals surface area contributed by atoms with Crippen molar-refractivity contribution in [2.45, 2.75) is 65.6 Å². The minimum absolute atomic E-state index is 0.0142. The summed E-state index contributed by atoms with van der Waals surface area (Å²) in [5, 5.41) is 0. The van der Waals surface area contributed by atoms with Gasteiger partial charge in [-0.3, -0.25) is 9.59 Å². The molecule has 6 unspecified atom stereocenters. The average Bonchev–Trinajstić information content (AvgIpc) is 2.94. The highest BCUT2D eigenvalue weighted by atomic mass is 16.7. The Bertz CT molecular complexity index is 600. The quantitative estimate of drug-likeness (QED) is 0.382. The van der Waals surface area contributed by atoms with Crippen molar-refractivity contribution in [1.82, 2.24) is 0 Å². The van der Waals surface area contributed by atoms with Crippen LogP contribution in [0.15, 0.2) is 12.2 Å². The SMILES string of the molecule is CCCCOC1(C(C)=O)OCC2C=CC3CC(COC(C)=O)CCC3C21C. The fourth-order valence-electron chi connectivity index (χ4n) is 5.61. The van der Waals surface area contributed by atoms with Crippen LogP contribution in [0.4, 0.5) is 0 Å². The Hall–Kier alpha value is -1.20. The molecule has 2 aliphatic carbocycles. The summed E-state index contributed by atoms with van der Waals surface area (Å²) in [6.45, 7) is 8.97. The van der Waals surface area contributed by atoms with Crippen LogP contribution >= 0.6 is 0 Å². The summed E-state index contributed by atoms with van der Waals surface area (Å²) >= 11 is 0. The number of hydrogen-bond donors (Lipinski definition) is 0. The Morgan fingerprint density at radius 2 is 2.00 bits per heavy atom. The first kappa shape index (κ1) is 20.5. The monoisotopic (exact) mass is 378 g/mol. The van der Waals surface area contributed by atoms with Crippen molar-refractivity contribution in [2.75, 3.05) is 19.8 Å². The van der Waals surface area contributed by atoms with E-state index >= 15 is 0 Å². The first-order valence-electron chi connectivity index (χ1n) is 10.5. The predicted molar refractivity (Wildman–Crippen MR) is 102 cm³/mol. The normalized spacial score (nSPS) is 40.3. The number of unbranched alkanes of at least 4 members (excludes halogenated alkanes) is 1. The fraction of sp³-hybridized carbons (Fsp3) is 0.818. The van der Waals surface area contributed by atoms with Crippen molar-refractivity contribution in [2.24, 2.45) is 29.1 Å². The van der Waals surface area contributed by atoms with Gasteiger partial charge in [-0.15, -0.1) is 0 Å². The number of carbonyl (C=O) groups excluding carboxylic acids is 2.